The number of ether oxygens (including phenoxy) is 1. The van der Waals surface area contributed by atoms with Crippen LogP contribution in [0, 0.1) is 11.8 Å². The lowest BCUT2D eigenvalue weighted by atomic mass is 9.84. The Morgan fingerprint density at radius 2 is 2.04 bits per heavy atom. The second kappa shape index (κ2) is 5.82. The van der Waals surface area contributed by atoms with E-state index >= 15 is 0 Å². The van der Waals surface area contributed by atoms with Crippen molar-refractivity contribution in [2.24, 2.45) is 11.8 Å². The summed E-state index contributed by atoms with van der Waals surface area (Å²) >= 11 is 0. The van der Waals surface area contributed by atoms with E-state index in [1.807, 2.05) is 18.2 Å². The Kier molecular flexibility index (Phi) is 3.80. The summed E-state index contributed by atoms with van der Waals surface area (Å²) in [5.41, 5.74) is 1.07. The number of para-hydroxylation sites is 1. The van der Waals surface area contributed by atoms with Crippen molar-refractivity contribution in [2.45, 2.75) is 50.7 Å². The van der Waals surface area contributed by atoms with Crippen molar-refractivity contribution >= 4 is 5.91 Å². The fourth-order valence-corrected chi connectivity index (χ4v) is 4.25. The second-order valence-corrected chi connectivity index (χ2v) is 7.50. The van der Waals surface area contributed by atoms with Crippen molar-refractivity contribution < 1.29 is 9.53 Å². The first-order valence-electron chi connectivity index (χ1n) is 8.96. The number of carbonyl (C=O) groups excluding carboxylic acids is 1. The molecule has 0 radical (unpaired) electrons. The van der Waals surface area contributed by atoms with Crippen molar-refractivity contribution in [2.75, 3.05) is 13.1 Å². The van der Waals surface area contributed by atoms with E-state index in [-0.39, 0.29) is 23.5 Å². The molecule has 2 N–H and O–H groups in total. The van der Waals surface area contributed by atoms with Crippen LogP contribution in [0.1, 0.15) is 50.6 Å². The maximum Gasteiger partial charge on any atom is 0.223 e. The molecule has 1 saturated heterocycles. The van der Waals surface area contributed by atoms with Crippen LogP contribution in [0.4, 0.5) is 0 Å². The number of carbonyl (C=O) groups is 1. The molecule has 1 aliphatic carbocycles. The van der Waals surface area contributed by atoms with Gasteiger partial charge in [0.2, 0.25) is 5.91 Å². The fraction of sp³-hybridized carbons (Fsp3) is 0.632. The summed E-state index contributed by atoms with van der Waals surface area (Å²) in [6, 6.07) is 8.28. The highest BCUT2D eigenvalue weighted by Crippen LogP contribution is 2.47. The predicted molar refractivity (Wildman–Crippen MR) is 89.3 cm³/mol. The molecule has 0 aromatic heterocycles. The molecule has 4 nitrogen and oxygen atoms in total. The molecule has 1 aromatic rings. The molecule has 1 aromatic carbocycles. The summed E-state index contributed by atoms with van der Waals surface area (Å²) < 4.78 is 6.37. The first-order valence-corrected chi connectivity index (χ1v) is 8.96. The molecule has 1 amide bonds. The molecule has 1 saturated carbocycles. The number of rotatable bonds is 3. The Labute approximate surface area is 138 Å². The molecule has 2 atom stereocenters. The number of hydrogen-bond acceptors (Lipinski definition) is 3. The minimum absolute atomic E-state index is 0.0619. The Morgan fingerprint density at radius 1 is 1.30 bits per heavy atom. The predicted octanol–water partition coefficient (Wildman–Crippen LogP) is 2.79. The van der Waals surface area contributed by atoms with Crippen LogP contribution in [0.25, 0.3) is 0 Å². The van der Waals surface area contributed by atoms with Crippen molar-refractivity contribution in [3.8, 4) is 5.75 Å². The van der Waals surface area contributed by atoms with E-state index in [0.717, 1.165) is 43.7 Å². The molecule has 2 unspecified atom stereocenters. The average molecular weight is 314 g/mol. The Hall–Kier alpha value is -1.55. The summed E-state index contributed by atoms with van der Waals surface area (Å²) in [5, 5.41) is 6.58. The third-order valence-corrected chi connectivity index (χ3v) is 5.96. The molecule has 3 aliphatic rings. The van der Waals surface area contributed by atoms with Crippen LogP contribution in [0.15, 0.2) is 24.3 Å². The van der Waals surface area contributed by atoms with Gasteiger partial charge in [-0.3, -0.25) is 4.79 Å². The summed E-state index contributed by atoms with van der Waals surface area (Å²) in [7, 11) is 0. The van der Waals surface area contributed by atoms with Crippen LogP contribution >= 0.6 is 0 Å². The van der Waals surface area contributed by atoms with Crippen molar-refractivity contribution in [3.63, 3.8) is 0 Å². The number of nitrogens with one attached hydrogen (secondary N) is 2. The molecule has 0 bridgehead atoms. The zero-order valence-corrected chi connectivity index (χ0v) is 13.8. The maximum absolute atomic E-state index is 12.7. The van der Waals surface area contributed by atoms with Crippen LogP contribution in [0.5, 0.6) is 5.75 Å². The smallest absolute Gasteiger partial charge is 0.223 e. The Bertz CT molecular complexity index is 591. The fourth-order valence-electron chi connectivity index (χ4n) is 4.25. The minimum atomic E-state index is -0.0619. The van der Waals surface area contributed by atoms with Gasteiger partial charge >= 0.3 is 0 Å². The normalized spacial score (nSPS) is 26.9. The van der Waals surface area contributed by atoms with Gasteiger partial charge in [0, 0.05) is 17.9 Å². The first-order chi connectivity index (χ1) is 11.2. The van der Waals surface area contributed by atoms with Crippen molar-refractivity contribution in [1.29, 1.82) is 0 Å². The highest BCUT2D eigenvalue weighted by molar-refractivity contribution is 5.79. The van der Waals surface area contributed by atoms with Crippen LogP contribution < -0.4 is 15.4 Å². The van der Waals surface area contributed by atoms with Gasteiger partial charge < -0.3 is 15.4 Å². The molecule has 4 rings (SSSR count). The van der Waals surface area contributed by atoms with Crippen LogP contribution in [0.3, 0.4) is 0 Å². The van der Waals surface area contributed by atoms with E-state index in [0.29, 0.717) is 5.92 Å². The number of benzene rings is 1. The SMILES string of the molecule is CC(C(=O)NC1CC2(CCCC2)Oc2ccccc21)C1CNC1. The zero-order chi connectivity index (χ0) is 15.9. The van der Waals surface area contributed by atoms with Gasteiger partial charge in [-0.15, -0.1) is 0 Å². The summed E-state index contributed by atoms with van der Waals surface area (Å²) in [6.07, 6.45) is 5.58. The maximum atomic E-state index is 12.7. The van der Waals surface area contributed by atoms with Gasteiger partial charge in [-0.25, -0.2) is 0 Å². The molecule has 1 spiro atoms. The van der Waals surface area contributed by atoms with E-state index in [4.69, 9.17) is 4.74 Å². The number of hydrogen-bond donors (Lipinski definition) is 2. The monoisotopic (exact) mass is 314 g/mol. The third kappa shape index (κ3) is 2.74. The van der Waals surface area contributed by atoms with Crippen molar-refractivity contribution in [1.82, 2.24) is 10.6 Å². The van der Waals surface area contributed by atoms with Crippen LogP contribution in [-0.2, 0) is 4.79 Å². The molecule has 2 heterocycles. The van der Waals surface area contributed by atoms with Gasteiger partial charge in [-0.05, 0) is 50.8 Å². The van der Waals surface area contributed by atoms with E-state index < -0.39 is 0 Å². The number of amides is 1. The molecular weight excluding hydrogens is 288 g/mol. The molecule has 23 heavy (non-hydrogen) atoms. The Morgan fingerprint density at radius 3 is 2.74 bits per heavy atom. The lowest BCUT2D eigenvalue weighted by Crippen LogP contribution is -2.51. The van der Waals surface area contributed by atoms with Crippen LogP contribution in [0.2, 0.25) is 0 Å². The zero-order valence-electron chi connectivity index (χ0n) is 13.8. The summed E-state index contributed by atoms with van der Waals surface area (Å²) in [4.78, 5) is 12.7. The number of fused-ring (bicyclic) bond motifs is 1. The summed E-state index contributed by atoms with van der Waals surface area (Å²) in [5.74, 6) is 1.70. The van der Waals surface area contributed by atoms with Gasteiger partial charge in [0.25, 0.3) is 0 Å². The topological polar surface area (TPSA) is 50.4 Å². The van der Waals surface area contributed by atoms with Crippen LogP contribution in [-0.4, -0.2) is 24.6 Å². The quantitative estimate of drug-likeness (QED) is 0.902. The standard InChI is InChI=1S/C19H26N2O2/c1-13(14-11-20-12-14)18(22)21-16-10-19(8-4-5-9-19)23-17-7-3-2-6-15(16)17/h2-3,6-7,13-14,16,20H,4-5,8-12H2,1H3,(H,21,22). The first kappa shape index (κ1) is 15.0. The highest BCUT2D eigenvalue weighted by Gasteiger charge is 2.43. The largest absolute Gasteiger partial charge is 0.487 e. The lowest BCUT2D eigenvalue weighted by Gasteiger charge is -2.41. The minimum Gasteiger partial charge on any atom is -0.487 e. The van der Waals surface area contributed by atoms with Gasteiger partial charge in [0.15, 0.2) is 0 Å². The molecular formula is C19H26N2O2. The molecule has 2 aliphatic heterocycles. The van der Waals surface area contributed by atoms with Gasteiger partial charge in [-0.2, -0.15) is 0 Å². The van der Waals surface area contributed by atoms with Crippen molar-refractivity contribution in [3.05, 3.63) is 29.8 Å². The van der Waals surface area contributed by atoms with Gasteiger partial charge in [-0.1, -0.05) is 25.1 Å². The molecule has 2 fully saturated rings. The van der Waals surface area contributed by atoms with E-state index in [1.54, 1.807) is 0 Å². The van der Waals surface area contributed by atoms with Gasteiger partial charge in [0.05, 0.1) is 6.04 Å². The highest BCUT2D eigenvalue weighted by atomic mass is 16.5. The van der Waals surface area contributed by atoms with Gasteiger partial charge in [0.1, 0.15) is 11.4 Å². The third-order valence-electron chi connectivity index (χ3n) is 5.96. The molecule has 124 valence electrons. The second-order valence-electron chi connectivity index (χ2n) is 7.50. The summed E-state index contributed by atoms with van der Waals surface area (Å²) in [6.45, 7) is 3.98. The molecule has 4 heteroatoms. The average Bonchev–Trinajstić information content (AvgIpc) is 2.93. The lowest BCUT2D eigenvalue weighted by molar-refractivity contribution is -0.128. The van der Waals surface area contributed by atoms with E-state index in [9.17, 15) is 4.79 Å². The van der Waals surface area contributed by atoms with E-state index in [1.165, 1.54) is 12.8 Å². The van der Waals surface area contributed by atoms with E-state index in [2.05, 4.69) is 23.6 Å². The Balaban J connectivity index is 1.55.